The Hall–Kier alpha value is -0.220. The van der Waals surface area contributed by atoms with Crippen molar-refractivity contribution < 1.29 is 19.0 Å². The lowest BCUT2D eigenvalue weighted by molar-refractivity contribution is -0.164. The van der Waals surface area contributed by atoms with E-state index in [2.05, 4.69) is 0 Å². The summed E-state index contributed by atoms with van der Waals surface area (Å²) in [5.41, 5.74) is -1.58. The zero-order valence-electron chi connectivity index (χ0n) is 7.06. The fourth-order valence-corrected chi connectivity index (χ4v) is 1.63. The Kier molecular flexibility index (Phi) is 2.40. The Bertz CT molecular complexity index is 170. The molecule has 0 heterocycles. The SMILES string of the molecule is CC(O)C1(O)CCCC(F)(F)C1. The molecule has 0 saturated heterocycles. The summed E-state index contributed by atoms with van der Waals surface area (Å²) < 4.78 is 25.6. The fourth-order valence-electron chi connectivity index (χ4n) is 1.63. The molecule has 0 aliphatic heterocycles. The highest BCUT2D eigenvalue weighted by atomic mass is 19.3. The Labute approximate surface area is 70.2 Å². The third-order valence-corrected chi connectivity index (χ3v) is 2.49. The highest BCUT2D eigenvalue weighted by molar-refractivity contribution is 4.93. The summed E-state index contributed by atoms with van der Waals surface area (Å²) in [5.74, 6) is -2.82. The summed E-state index contributed by atoms with van der Waals surface area (Å²) in [6, 6.07) is 0. The molecule has 0 amide bonds. The molecule has 0 aromatic rings. The van der Waals surface area contributed by atoms with Gasteiger partial charge in [-0.15, -0.1) is 0 Å². The van der Waals surface area contributed by atoms with Gasteiger partial charge in [-0.3, -0.25) is 0 Å². The second kappa shape index (κ2) is 2.92. The van der Waals surface area contributed by atoms with E-state index in [1.165, 1.54) is 6.92 Å². The van der Waals surface area contributed by atoms with Crippen molar-refractivity contribution in [3.63, 3.8) is 0 Å². The molecular weight excluding hydrogens is 166 g/mol. The molecule has 0 aromatic carbocycles. The molecule has 12 heavy (non-hydrogen) atoms. The highest BCUT2D eigenvalue weighted by Crippen LogP contribution is 2.40. The molecule has 2 atom stereocenters. The fraction of sp³-hybridized carbons (Fsp3) is 1.00. The van der Waals surface area contributed by atoms with Crippen molar-refractivity contribution in [2.24, 2.45) is 0 Å². The van der Waals surface area contributed by atoms with Gasteiger partial charge >= 0.3 is 0 Å². The van der Waals surface area contributed by atoms with E-state index in [4.69, 9.17) is 5.11 Å². The van der Waals surface area contributed by atoms with Gasteiger partial charge in [0.1, 0.15) is 0 Å². The molecule has 72 valence electrons. The number of alkyl halides is 2. The molecule has 4 heteroatoms. The average molecular weight is 180 g/mol. The second-order valence-electron chi connectivity index (χ2n) is 3.67. The molecule has 2 N–H and O–H groups in total. The van der Waals surface area contributed by atoms with Crippen LogP contribution in [-0.2, 0) is 0 Å². The summed E-state index contributed by atoms with van der Waals surface area (Å²) in [7, 11) is 0. The van der Waals surface area contributed by atoms with Crippen molar-refractivity contribution in [2.45, 2.75) is 50.2 Å². The lowest BCUT2D eigenvalue weighted by atomic mass is 9.79. The quantitative estimate of drug-likeness (QED) is 0.638. The first-order valence-corrected chi connectivity index (χ1v) is 4.14. The summed E-state index contributed by atoms with van der Waals surface area (Å²) in [6.07, 6.45) is -1.34. The minimum Gasteiger partial charge on any atom is -0.390 e. The molecule has 1 fully saturated rings. The van der Waals surface area contributed by atoms with Crippen LogP contribution in [0.3, 0.4) is 0 Å². The van der Waals surface area contributed by atoms with Crippen molar-refractivity contribution in [1.82, 2.24) is 0 Å². The molecule has 1 rings (SSSR count). The maximum absolute atomic E-state index is 12.8. The Balaban J connectivity index is 2.68. The van der Waals surface area contributed by atoms with Gasteiger partial charge < -0.3 is 10.2 Å². The maximum atomic E-state index is 12.8. The van der Waals surface area contributed by atoms with E-state index in [1.807, 2.05) is 0 Å². The monoisotopic (exact) mass is 180 g/mol. The van der Waals surface area contributed by atoms with Crippen LogP contribution in [0.2, 0.25) is 0 Å². The molecule has 0 bridgehead atoms. The van der Waals surface area contributed by atoms with Crippen LogP contribution in [0.1, 0.15) is 32.6 Å². The summed E-state index contributed by atoms with van der Waals surface area (Å²) in [6.45, 7) is 1.35. The molecule has 0 aromatic heterocycles. The van der Waals surface area contributed by atoms with Crippen LogP contribution in [0.5, 0.6) is 0 Å². The van der Waals surface area contributed by atoms with Crippen LogP contribution in [0, 0.1) is 0 Å². The van der Waals surface area contributed by atoms with E-state index in [-0.39, 0.29) is 19.3 Å². The number of aliphatic hydroxyl groups is 2. The number of hydrogen-bond donors (Lipinski definition) is 2. The Morgan fingerprint density at radius 1 is 1.33 bits per heavy atom. The summed E-state index contributed by atoms with van der Waals surface area (Å²) in [5, 5.41) is 18.6. The third kappa shape index (κ3) is 1.93. The standard InChI is InChI=1S/C8H14F2O2/c1-6(11)7(12)3-2-4-8(9,10)5-7/h6,11-12H,2-5H2,1H3. The van der Waals surface area contributed by atoms with E-state index in [0.29, 0.717) is 0 Å². The van der Waals surface area contributed by atoms with Crippen molar-refractivity contribution in [1.29, 1.82) is 0 Å². The maximum Gasteiger partial charge on any atom is 0.251 e. The van der Waals surface area contributed by atoms with Crippen molar-refractivity contribution in [2.75, 3.05) is 0 Å². The number of aliphatic hydroxyl groups excluding tert-OH is 1. The van der Waals surface area contributed by atoms with Gasteiger partial charge in [0, 0.05) is 12.8 Å². The largest absolute Gasteiger partial charge is 0.390 e. The molecule has 0 spiro atoms. The molecule has 1 aliphatic rings. The summed E-state index contributed by atoms with van der Waals surface area (Å²) in [4.78, 5) is 0. The molecule has 1 saturated carbocycles. The van der Waals surface area contributed by atoms with Crippen LogP contribution in [0.15, 0.2) is 0 Å². The van der Waals surface area contributed by atoms with E-state index < -0.39 is 24.0 Å². The van der Waals surface area contributed by atoms with Gasteiger partial charge in [0.25, 0.3) is 5.92 Å². The zero-order valence-corrected chi connectivity index (χ0v) is 7.06. The van der Waals surface area contributed by atoms with E-state index >= 15 is 0 Å². The van der Waals surface area contributed by atoms with Crippen molar-refractivity contribution in [3.05, 3.63) is 0 Å². The van der Waals surface area contributed by atoms with E-state index in [0.717, 1.165) is 0 Å². The lowest BCUT2D eigenvalue weighted by Crippen LogP contribution is -2.48. The molecule has 2 nitrogen and oxygen atoms in total. The van der Waals surface area contributed by atoms with Crippen LogP contribution in [-0.4, -0.2) is 27.8 Å². The van der Waals surface area contributed by atoms with Gasteiger partial charge in [-0.2, -0.15) is 0 Å². The minimum absolute atomic E-state index is 0.179. The molecular formula is C8H14F2O2. The Morgan fingerprint density at radius 3 is 2.25 bits per heavy atom. The van der Waals surface area contributed by atoms with Gasteiger partial charge in [0.2, 0.25) is 0 Å². The van der Waals surface area contributed by atoms with E-state index in [9.17, 15) is 13.9 Å². The first-order chi connectivity index (χ1) is 5.36. The topological polar surface area (TPSA) is 40.5 Å². The average Bonchev–Trinajstić information content (AvgIpc) is 1.83. The minimum atomic E-state index is -2.82. The molecule has 1 aliphatic carbocycles. The van der Waals surface area contributed by atoms with Gasteiger partial charge in [0.15, 0.2) is 0 Å². The van der Waals surface area contributed by atoms with Crippen LogP contribution in [0.25, 0.3) is 0 Å². The van der Waals surface area contributed by atoms with Crippen LogP contribution in [0.4, 0.5) is 8.78 Å². The predicted molar refractivity (Wildman–Crippen MR) is 40.0 cm³/mol. The van der Waals surface area contributed by atoms with E-state index in [1.54, 1.807) is 0 Å². The predicted octanol–water partition coefficient (Wildman–Crippen LogP) is 1.31. The number of halogens is 2. The zero-order chi connectivity index (χ0) is 9.41. The van der Waals surface area contributed by atoms with Crippen molar-refractivity contribution in [3.8, 4) is 0 Å². The van der Waals surface area contributed by atoms with Crippen molar-refractivity contribution >= 4 is 0 Å². The van der Waals surface area contributed by atoms with Gasteiger partial charge in [0.05, 0.1) is 11.7 Å². The highest BCUT2D eigenvalue weighted by Gasteiger charge is 2.47. The second-order valence-corrected chi connectivity index (χ2v) is 3.67. The third-order valence-electron chi connectivity index (χ3n) is 2.49. The van der Waals surface area contributed by atoms with Gasteiger partial charge in [-0.05, 0) is 19.8 Å². The lowest BCUT2D eigenvalue weighted by Gasteiger charge is -2.38. The number of hydrogen-bond acceptors (Lipinski definition) is 2. The van der Waals surface area contributed by atoms with Crippen LogP contribution >= 0.6 is 0 Å². The molecule has 2 unspecified atom stereocenters. The normalized spacial score (nSPS) is 37.8. The molecule has 0 radical (unpaired) electrons. The van der Waals surface area contributed by atoms with Crippen LogP contribution < -0.4 is 0 Å². The first-order valence-electron chi connectivity index (χ1n) is 4.14. The number of rotatable bonds is 1. The first kappa shape index (κ1) is 9.86. The van der Waals surface area contributed by atoms with Gasteiger partial charge in [-0.1, -0.05) is 0 Å². The smallest absolute Gasteiger partial charge is 0.251 e. The van der Waals surface area contributed by atoms with Gasteiger partial charge in [-0.25, -0.2) is 8.78 Å². The Morgan fingerprint density at radius 2 is 1.92 bits per heavy atom. The summed E-state index contributed by atoms with van der Waals surface area (Å²) >= 11 is 0.